The molecule has 0 saturated heterocycles. The number of ether oxygens (including phenoxy) is 1. The third-order valence-electron chi connectivity index (χ3n) is 8.41. The molecule has 0 aliphatic carbocycles. The number of rotatable bonds is 15. The molecule has 1 aromatic rings. The Morgan fingerprint density at radius 2 is 1.32 bits per heavy atom. The fourth-order valence-electron chi connectivity index (χ4n) is 6.47. The fourth-order valence-corrected chi connectivity index (χ4v) is 27.8. The van der Waals surface area contributed by atoms with Crippen LogP contribution < -0.4 is 9.16 Å². The van der Waals surface area contributed by atoms with Crippen LogP contribution in [0.15, 0.2) is 21.8 Å². The van der Waals surface area contributed by atoms with Crippen LogP contribution in [0.5, 0.6) is 11.5 Å². The van der Waals surface area contributed by atoms with Gasteiger partial charge in [0, 0.05) is 0 Å². The molecule has 0 spiro atoms. The average Bonchev–Trinajstić information content (AvgIpc) is 2.81. The summed E-state index contributed by atoms with van der Waals surface area (Å²) in [6.45, 7) is 22.0. The topological polar surface area (TPSA) is 18.5 Å². The van der Waals surface area contributed by atoms with Crippen molar-refractivity contribution >= 4 is 32.8 Å². The molecule has 0 fully saturated rings. The van der Waals surface area contributed by atoms with E-state index in [1.807, 2.05) is 0 Å². The van der Waals surface area contributed by atoms with E-state index in [9.17, 15) is 0 Å². The van der Waals surface area contributed by atoms with E-state index in [0.717, 1.165) is 18.1 Å². The Morgan fingerprint density at radius 1 is 0.824 bits per heavy atom. The minimum atomic E-state index is -2.44. The van der Waals surface area contributed by atoms with Crippen molar-refractivity contribution in [1.82, 2.24) is 0 Å². The molecule has 194 valence electrons. The first kappa shape index (κ1) is 29.8. The van der Waals surface area contributed by atoms with Crippen molar-refractivity contribution in [2.45, 2.75) is 131 Å². The zero-order valence-electron chi connectivity index (χ0n) is 23.9. The van der Waals surface area contributed by atoms with Crippen LogP contribution in [0, 0.1) is 0 Å². The molecule has 0 aromatic heterocycles. The number of unbranched alkanes of at least 4 members (excludes halogenated alkanes) is 3. The van der Waals surface area contributed by atoms with Crippen molar-refractivity contribution in [3.8, 4) is 11.5 Å². The minimum absolute atomic E-state index is 0.571. The monoisotopic (exact) mass is 594 g/mol. The van der Waals surface area contributed by atoms with Crippen LogP contribution in [0.4, 0.5) is 0 Å². The molecule has 34 heavy (non-hydrogen) atoms. The summed E-state index contributed by atoms with van der Waals surface area (Å²) < 4.78 is 19.7. The second-order valence-corrected chi connectivity index (χ2v) is 30.5. The summed E-state index contributed by atoms with van der Waals surface area (Å²) in [4.78, 5) is 0. The van der Waals surface area contributed by atoms with E-state index in [1.54, 1.807) is 3.59 Å². The Labute approximate surface area is 217 Å². The van der Waals surface area contributed by atoms with Crippen LogP contribution in [0.25, 0.3) is 6.08 Å². The molecule has 4 heteroatoms. The molecular weight excluding hydrogens is 539 g/mol. The Kier molecular flexibility index (Phi) is 12.1. The van der Waals surface area contributed by atoms with Crippen LogP contribution >= 0.6 is 0 Å². The van der Waals surface area contributed by atoms with Crippen molar-refractivity contribution in [3.63, 3.8) is 0 Å². The Hall–Kier alpha value is -0.424. The van der Waals surface area contributed by atoms with Gasteiger partial charge in [-0.1, -0.05) is 0 Å². The van der Waals surface area contributed by atoms with Gasteiger partial charge in [-0.05, 0) is 0 Å². The van der Waals surface area contributed by atoms with Gasteiger partial charge in [0.2, 0.25) is 0 Å². The summed E-state index contributed by atoms with van der Waals surface area (Å²) in [6, 6.07) is 6.69. The van der Waals surface area contributed by atoms with Crippen molar-refractivity contribution in [1.29, 1.82) is 0 Å². The summed E-state index contributed by atoms with van der Waals surface area (Å²) in [5, 5.41) is 0. The van der Waals surface area contributed by atoms with Crippen molar-refractivity contribution in [3.05, 3.63) is 27.4 Å². The van der Waals surface area contributed by atoms with Crippen LogP contribution in [0.3, 0.4) is 0 Å². The average molecular weight is 594 g/mol. The maximum atomic E-state index is 6.96. The second-order valence-electron chi connectivity index (χ2n) is 11.7. The fraction of sp³-hybridized carbons (Fsp3) is 0.733. The van der Waals surface area contributed by atoms with Gasteiger partial charge >= 0.3 is 218 Å². The molecule has 0 atom stereocenters. The van der Waals surface area contributed by atoms with Gasteiger partial charge in [-0.3, -0.25) is 0 Å². The number of benzene rings is 1. The van der Waals surface area contributed by atoms with E-state index in [0.29, 0.717) is 16.6 Å². The van der Waals surface area contributed by atoms with Gasteiger partial charge in [-0.2, -0.15) is 0 Å². The third-order valence-corrected chi connectivity index (χ3v) is 30.3. The van der Waals surface area contributed by atoms with Gasteiger partial charge in [-0.25, -0.2) is 0 Å². The molecular formula is C30H54O2SiSn. The number of hydrogen-bond acceptors (Lipinski definition) is 2. The standard InChI is InChI=1S/C18H27O2Si.3C4H9.Sn/c1-13(2)21(14(3)4,15(5)6)20-17-10-9-16-8-7-11-19-18(16)12-17;3*1-3-4-2;/h8-10,12-15H,11H2,1-6H3;3*1,3-4H2,2H3;. The Balaban J connectivity index is 2.40. The van der Waals surface area contributed by atoms with E-state index >= 15 is 0 Å². The predicted octanol–water partition coefficient (Wildman–Crippen LogP) is 10.4. The van der Waals surface area contributed by atoms with E-state index in [2.05, 4.69) is 86.6 Å². The third kappa shape index (κ3) is 6.86. The SMILES string of the molecule is CCC[CH2][Sn]([CH2]CCC)([CH2]CCC)[C]1=Cc2ccc(O[Si](C(C)C)(C(C)C)C(C)C)cc2OC1. The molecule has 2 rings (SSSR count). The van der Waals surface area contributed by atoms with Gasteiger partial charge in [-0.15, -0.1) is 0 Å². The zero-order valence-corrected chi connectivity index (χ0v) is 27.8. The first-order valence-electron chi connectivity index (χ1n) is 14.3. The quantitative estimate of drug-likeness (QED) is 0.188. The molecule has 1 heterocycles. The predicted molar refractivity (Wildman–Crippen MR) is 156 cm³/mol. The molecule has 0 saturated carbocycles. The van der Waals surface area contributed by atoms with Crippen LogP contribution in [-0.4, -0.2) is 33.3 Å². The molecule has 0 amide bonds. The summed E-state index contributed by atoms with van der Waals surface area (Å²) in [5.74, 6) is 2.04. The summed E-state index contributed by atoms with van der Waals surface area (Å²) in [6.07, 6.45) is 10.7. The molecule has 0 bridgehead atoms. The summed E-state index contributed by atoms with van der Waals surface area (Å²) >= 11 is -2.44. The molecule has 2 nitrogen and oxygen atoms in total. The Morgan fingerprint density at radius 3 is 1.76 bits per heavy atom. The van der Waals surface area contributed by atoms with E-state index in [4.69, 9.17) is 9.16 Å². The molecule has 0 N–H and O–H groups in total. The van der Waals surface area contributed by atoms with Crippen LogP contribution in [-0.2, 0) is 0 Å². The number of hydrogen-bond donors (Lipinski definition) is 0. The van der Waals surface area contributed by atoms with E-state index in [-0.39, 0.29) is 0 Å². The first-order valence-corrected chi connectivity index (χ1v) is 24.0. The van der Waals surface area contributed by atoms with Crippen molar-refractivity contribution in [2.24, 2.45) is 0 Å². The van der Waals surface area contributed by atoms with E-state index < -0.39 is 26.7 Å². The molecule has 1 aliphatic rings. The van der Waals surface area contributed by atoms with Gasteiger partial charge in [0.1, 0.15) is 0 Å². The first-order chi connectivity index (χ1) is 16.2. The summed E-state index contributed by atoms with van der Waals surface area (Å²) in [5.41, 5.74) is 2.99. The molecule has 1 aromatic carbocycles. The molecule has 0 radical (unpaired) electrons. The van der Waals surface area contributed by atoms with Gasteiger partial charge in [0.05, 0.1) is 0 Å². The second kappa shape index (κ2) is 13.8. The molecule has 0 unspecified atom stereocenters. The normalized spacial score (nSPS) is 14.4. The maximum absolute atomic E-state index is 6.96. The Bertz CT molecular complexity index is 740. The van der Waals surface area contributed by atoms with Crippen LogP contribution in [0.2, 0.25) is 29.9 Å². The van der Waals surface area contributed by atoms with Gasteiger partial charge in [0.25, 0.3) is 0 Å². The van der Waals surface area contributed by atoms with Crippen molar-refractivity contribution < 1.29 is 9.16 Å². The zero-order chi connectivity index (χ0) is 25.4. The van der Waals surface area contributed by atoms with Crippen LogP contribution in [0.1, 0.15) is 106 Å². The number of fused-ring (bicyclic) bond motifs is 1. The van der Waals surface area contributed by atoms with Gasteiger partial charge < -0.3 is 0 Å². The van der Waals surface area contributed by atoms with Gasteiger partial charge in [0.15, 0.2) is 0 Å². The van der Waals surface area contributed by atoms with Crippen molar-refractivity contribution in [2.75, 3.05) is 6.61 Å². The molecule has 1 aliphatic heterocycles. The summed E-state index contributed by atoms with van der Waals surface area (Å²) in [7, 11) is -1.96. The van der Waals surface area contributed by atoms with E-state index in [1.165, 1.54) is 57.4 Å².